The van der Waals surface area contributed by atoms with Gasteiger partial charge in [0.1, 0.15) is 0 Å². The van der Waals surface area contributed by atoms with Crippen LogP contribution in [0.1, 0.15) is 296 Å². The number of hydrogen-bond acceptors (Lipinski definition) is 5. The molecule has 0 saturated carbocycles. The van der Waals surface area contributed by atoms with Gasteiger partial charge in [0.15, 0.2) is 0 Å². The summed E-state index contributed by atoms with van der Waals surface area (Å²) in [7, 11) is 0. The Morgan fingerprint density at radius 2 is 0.790 bits per heavy atom. The molecule has 366 valence electrons. The van der Waals surface area contributed by atoms with Crippen LogP contribution < -0.4 is 11.1 Å². The SMILES string of the molecule is CCCCCCCCCCCCCCCCCCOC(=O)CCCCCCCC=CCCCCCCCCNC(CN)CCCCCCCCC=CCCCCCCCC(=O)O. The third-order valence-corrected chi connectivity index (χ3v) is 12.8. The molecule has 0 amide bonds. The number of esters is 1. The first-order valence-corrected chi connectivity index (χ1v) is 27.7. The number of allylic oxidation sites excluding steroid dienone is 4. The number of rotatable bonds is 53. The maximum Gasteiger partial charge on any atom is 0.305 e. The number of carboxylic acids is 1. The Bertz CT molecular complexity index is 952. The maximum atomic E-state index is 12.1. The standard InChI is InChI=1S/C56H108N2O4/c1-2-3-4-5-6-7-8-9-10-17-22-27-32-37-42-47-52-62-56(61)50-45-40-35-30-25-20-15-12-16-21-26-31-36-41-46-51-58-54(53-57)48-43-38-33-28-23-18-13-11-14-19-24-29-34-39-44-49-55(59)60/h11-12,14-15,54,58H,2-10,13,16-53,57H2,1H3,(H,59,60). The third kappa shape index (κ3) is 52.7. The Balaban J connectivity index is 3.34. The molecule has 0 rings (SSSR count). The third-order valence-electron chi connectivity index (χ3n) is 12.8. The van der Waals surface area contributed by atoms with Crippen LogP contribution in [0.2, 0.25) is 0 Å². The Kier molecular flexibility index (Phi) is 52.2. The summed E-state index contributed by atoms with van der Waals surface area (Å²) in [6, 6.07) is 0.482. The molecule has 0 heterocycles. The summed E-state index contributed by atoms with van der Waals surface area (Å²) < 4.78 is 5.48. The molecule has 4 N–H and O–H groups in total. The highest BCUT2D eigenvalue weighted by molar-refractivity contribution is 5.69. The van der Waals surface area contributed by atoms with Gasteiger partial charge in [0.25, 0.3) is 0 Å². The molecule has 0 fully saturated rings. The van der Waals surface area contributed by atoms with E-state index >= 15 is 0 Å². The molecule has 0 aromatic carbocycles. The van der Waals surface area contributed by atoms with Gasteiger partial charge < -0.3 is 20.9 Å². The summed E-state index contributed by atoms with van der Waals surface area (Å²) in [6.45, 7) is 4.77. The summed E-state index contributed by atoms with van der Waals surface area (Å²) in [5, 5.41) is 12.4. The largest absolute Gasteiger partial charge is 0.481 e. The fraction of sp³-hybridized carbons (Fsp3) is 0.893. The van der Waals surface area contributed by atoms with Crippen molar-refractivity contribution in [3.05, 3.63) is 24.3 Å². The molecule has 0 aliphatic heterocycles. The summed E-state index contributed by atoms with van der Waals surface area (Å²) in [5.74, 6) is -0.661. The quantitative estimate of drug-likeness (QED) is 0.0320. The van der Waals surface area contributed by atoms with E-state index in [1.807, 2.05) is 0 Å². The Labute approximate surface area is 387 Å². The van der Waals surface area contributed by atoms with Crippen molar-refractivity contribution in [2.24, 2.45) is 5.73 Å². The predicted octanol–water partition coefficient (Wildman–Crippen LogP) is 17.2. The molecule has 0 aliphatic rings. The summed E-state index contributed by atoms with van der Waals surface area (Å²) in [5.41, 5.74) is 6.07. The van der Waals surface area contributed by atoms with E-state index in [4.69, 9.17) is 15.6 Å². The highest BCUT2D eigenvalue weighted by Gasteiger charge is 2.06. The topological polar surface area (TPSA) is 102 Å². The minimum absolute atomic E-state index is 0.00901. The van der Waals surface area contributed by atoms with Crippen molar-refractivity contribution in [3.8, 4) is 0 Å². The van der Waals surface area contributed by atoms with Crippen molar-refractivity contribution in [1.29, 1.82) is 0 Å². The molecule has 0 spiro atoms. The van der Waals surface area contributed by atoms with Crippen molar-refractivity contribution in [2.75, 3.05) is 19.7 Å². The first-order valence-electron chi connectivity index (χ1n) is 27.7. The van der Waals surface area contributed by atoms with Crippen molar-refractivity contribution < 1.29 is 19.4 Å². The van der Waals surface area contributed by atoms with Crippen LogP contribution in [0.3, 0.4) is 0 Å². The van der Waals surface area contributed by atoms with Crippen LogP contribution in [0.5, 0.6) is 0 Å². The van der Waals surface area contributed by atoms with E-state index in [0.717, 1.165) is 51.6 Å². The molecule has 0 saturated heterocycles. The van der Waals surface area contributed by atoms with Crippen molar-refractivity contribution in [2.45, 2.75) is 302 Å². The first-order chi connectivity index (χ1) is 30.6. The predicted molar refractivity (Wildman–Crippen MR) is 271 cm³/mol. The fourth-order valence-corrected chi connectivity index (χ4v) is 8.57. The van der Waals surface area contributed by atoms with Gasteiger partial charge in [0.2, 0.25) is 0 Å². The Hall–Kier alpha value is -1.66. The molecule has 62 heavy (non-hydrogen) atoms. The van der Waals surface area contributed by atoms with Crippen molar-refractivity contribution in [1.82, 2.24) is 5.32 Å². The molecule has 0 radical (unpaired) electrons. The molecular formula is C56H108N2O4. The van der Waals surface area contributed by atoms with E-state index < -0.39 is 5.97 Å². The fourth-order valence-electron chi connectivity index (χ4n) is 8.57. The van der Waals surface area contributed by atoms with E-state index in [2.05, 4.69) is 36.5 Å². The zero-order valence-corrected chi connectivity index (χ0v) is 41.6. The van der Waals surface area contributed by atoms with Gasteiger partial charge in [-0.25, -0.2) is 0 Å². The molecule has 1 atom stereocenters. The van der Waals surface area contributed by atoms with Crippen LogP contribution in [-0.2, 0) is 14.3 Å². The van der Waals surface area contributed by atoms with Crippen LogP contribution in [0.4, 0.5) is 0 Å². The number of aliphatic carboxylic acids is 1. The molecule has 0 aromatic rings. The molecule has 0 bridgehead atoms. The van der Waals surface area contributed by atoms with Gasteiger partial charge in [-0.05, 0) is 90.0 Å². The maximum absolute atomic E-state index is 12.1. The molecule has 1 unspecified atom stereocenters. The Morgan fingerprint density at radius 1 is 0.452 bits per heavy atom. The van der Waals surface area contributed by atoms with E-state index in [-0.39, 0.29) is 5.97 Å². The van der Waals surface area contributed by atoms with Gasteiger partial charge in [-0.1, -0.05) is 224 Å². The number of carboxylic acid groups (broad SMARTS) is 1. The normalized spacial score (nSPS) is 12.3. The van der Waals surface area contributed by atoms with Crippen LogP contribution >= 0.6 is 0 Å². The van der Waals surface area contributed by atoms with Gasteiger partial charge in [-0.3, -0.25) is 9.59 Å². The zero-order chi connectivity index (χ0) is 44.9. The molecule has 6 heteroatoms. The van der Waals surface area contributed by atoms with Gasteiger partial charge in [0, 0.05) is 25.4 Å². The van der Waals surface area contributed by atoms with Crippen LogP contribution in [-0.4, -0.2) is 42.8 Å². The highest BCUT2D eigenvalue weighted by atomic mass is 16.5. The highest BCUT2D eigenvalue weighted by Crippen LogP contribution is 2.16. The second-order valence-electron chi connectivity index (χ2n) is 19.0. The molecule has 0 aliphatic carbocycles. The van der Waals surface area contributed by atoms with Crippen molar-refractivity contribution >= 4 is 11.9 Å². The van der Waals surface area contributed by atoms with E-state index in [9.17, 15) is 9.59 Å². The number of carbonyl (C=O) groups excluding carboxylic acids is 1. The van der Waals surface area contributed by atoms with E-state index in [1.54, 1.807) is 0 Å². The van der Waals surface area contributed by atoms with Gasteiger partial charge in [-0.2, -0.15) is 0 Å². The smallest absolute Gasteiger partial charge is 0.305 e. The minimum Gasteiger partial charge on any atom is -0.481 e. The first kappa shape index (κ1) is 60.3. The lowest BCUT2D eigenvalue weighted by atomic mass is 10.0. The lowest BCUT2D eigenvalue weighted by Gasteiger charge is -2.16. The summed E-state index contributed by atoms with van der Waals surface area (Å²) >= 11 is 0. The molecular weight excluding hydrogens is 765 g/mol. The van der Waals surface area contributed by atoms with Gasteiger partial charge >= 0.3 is 11.9 Å². The Morgan fingerprint density at radius 3 is 1.19 bits per heavy atom. The van der Waals surface area contributed by atoms with Crippen LogP contribution in [0, 0.1) is 0 Å². The summed E-state index contributed by atoms with van der Waals surface area (Å²) in [4.78, 5) is 22.6. The second-order valence-corrected chi connectivity index (χ2v) is 19.0. The number of hydrogen-bond donors (Lipinski definition) is 3. The number of carbonyl (C=O) groups is 2. The zero-order valence-electron chi connectivity index (χ0n) is 41.6. The molecule has 6 nitrogen and oxygen atoms in total. The molecule has 0 aromatic heterocycles. The second kappa shape index (κ2) is 53.7. The minimum atomic E-state index is -0.670. The van der Waals surface area contributed by atoms with E-state index in [0.29, 0.717) is 25.5 Å². The monoisotopic (exact) mass is 873 g/mol. The number of nitrogens with one attached hydrogen (secondary N) is 1. The van der Waals surface area contributed by atoms with E-state index in [1.165, 1.54) is 238 Å². The van der Waals surface area contributed by atoms with Crippen molar-refractivity contribution in [3.63, 3.8) is 0 Å². The lowest BCUT2D eigenvalue weighted by molar-refractivity contribution is -0.144. The number of ether oxygens (including phenoxy) is 1. The number of unbranched alkanes of at least 4 members (excludes halogenated alkanes) is 37. The number of nitrogens with two attached hydrogens (primary N) is 1. The van der Waals surface area contributed by atoms with Gasteiger partial charge in [-0.15, -0.1) is 0 Å². The summed E-state index contributed by atoms with van der Waals surface area (Å²) in [6.07, 6.45) is 65.5. The lowest BCUT2D eigenvalue weighted by Crippen LogP contribution is -2.36. The van der Waals surface area contributed by atoms with Gasteiger partial charge in [0.05, 0.1) is 6.61 Å². The van der Waals surface area contributed by atoms with Crippen LogP contribution in [0.15, 0.2) is 24.3 Å². The average Bonchev–Trinajstić information content (AvgIpc) is 3.27. The van der Waals surface area contributed by atoms with Crippen LogP contribution in [0.25, 0.3) is 0 Å². The average molecular weight is 873 g/mol.